The highest BCUT2D eigenvalue weighted by atomic mass is 35.5. The summed E-state index contributed by atoms with van der Waals surface area (Å²) >= 11 is 5.83. The zero-order chi connectivity index (χ0) is 20.6. The zero-order valence-corrected chi connectivity index (χ0v) is 16.6. The van der Waals surface area contributed by atoms with E-state index in [1.54, 1.807) is 12.1 Å². The summed E-state index contributed by atoms with van der Waals surface area (Å²) in [5.74, 6) is -1.15. The molecular weight excluding hydrogens is 398 g/mol. The molecule has 154 valence electrons. The lowest BCUT2D eigenvalue weighted by Crippen LogP contribution is -2.40. The van der Waals surface area contributed by atoms with Crippen LogP contribution in [0.1, 0.15) is 41.3 Å². The molecule has 2 N–H and O–H groups in total. The second-order valence-corrected chi connectivity index (χ2v) is 8.56. The Labute approximate surface area is 173 Å². The highest BCUT2D eigenvalue weighted by Crippen LogP contribution is 2.54. The van der Waals surface area contributed by atoms with Gasteiger partial charge in [-0.15, -0.1) is 0 Å². The standard InChI is InChI=1S/C22H23ClF2N2O2/c23-16-9-15(10-18(25)11-16)21(29)26-20-12-22(20)5-7-27(8-6-22)13-19(28)14-1-3-17(24)4-2-14/h1-4,9-11,19-20,28H,5-8,12-13H2,(H,26,29). The molecule has 2 atom stereocenters. The van der Waals surface area contributed by atoms with Crippen LogP contribution >= 0.6 is 11.6 Å². The van der Waals surface area contributed by atoms with Crippen LogP contribution in [-0.2, 0) is 0 Å². The van der Waals surface area contributed by atoms with Crippen LogP contribution in [0.3, 0.4) is 0 Å². The normalized spacial score (nSPS) is 21.7. The van der Waals surface area contributed by atoms with Crippen molar-refractivity contribution in [2.75, 3.05) is 19.6 Å². The second kappa shape index (κ2) is 8.01. The molecule has 0 radical (unpaired) electrons. The number of amides is 1. The molecule has 2 aromatic carbocycles. The maximum absolute atomic E-state index is 13.5. The Kier molecular flexibility index (Phi) is 5.60. The molecule has 1 aliphatic heterocycles. The molecule has 0 bridgehead atoms. The highest BCUT2D eigenvalue weighted by Gasteiger charge is 2.55. The van der Waals surface area contributed by atoms with Crippen molar-refractivity contribution in [1.29, 1.82) is 0 Å². The Bertz CT molecular complexity index is 878. The molecule has 1 saturated heterocycles. The van der Waals surface area contributed by atoms with Gasteiger partial charge in [0.05, 0.1) is 6.10 Å². The number of piperidine rings is 1. The van der Waals surface area contributed by atoms with Crippen molar-refractivity contribution in [3.8, 4) is 0 Å². The fourth-order valence-corrected chi connectivity index (χ4v) is 4.47. The lowest BCUT2D eigenvalue weighted by atomic mass is 9.92. The molecule has 29 heavy (non-hydrogen) atoms. The van der Waals surface area contributed by atoms with Crippen LogP contribution in [0.4, 0.5) is 8.78 Å². The van der Waals surface area contributed by atoms with E-state index in [2.05, 4.69) is 10.2 Å². The summed E-state index contributed by atoms with van der Waals surface area (Å²) in [6, 6.07) is 9.84. The molecule has 2 unspecified atom stereocenters. The number of aliphatic hydroxyl groups excluding tert-OH is 1. The fraction of sp³-hybridized carbons (Fsp3) is 0.409. The molecule has 1 saturated carbocycles. The van der Waals surface area contributed by atoms with Gasteiger partial charge < -0.3 is 15.3 Å². The van der Waals surface area contributed by atoms with Crippen molar-refractivity contribution in [3.63, 3.8) is 0 Å². The van der Waals surface area contributed by atoms with Crippen LogP contribution in [0, 0.1) is 17.0 Å². The van der Waals surface area contributed by atoms with Gasteiger partial charge in [0.1, 0.15) is 11.6 Å². The first-order chi connectivity index (χ1) is 13.8. The molecule has 1 aliphatic carbocycles. The summed E-state index contributed by atoms with van der Waals surface area (Å²) in [5.41, 5.74) is 1.03. The summed E-state index contributed by atoms with van der Waals surface area (Å²) < 4.78 is 26.5. The molecule has 1 amide bonds. The molecule has 4 nitrogen and oxygen atoms in total. The Morgan fingerprint density at radius 1 is 1.17 bits per heavy atom. The van der Waals surface area contributed by atoms with Crippen LogP contribution in [0.15, 0.2) is 42.5 Å². The minimum absolute atomic E-state index is 0.0845. The molecular formula is C22H23ClF2N2O2. The zero-order valence-electron chi connectivity index (χ0n) is 15.9. The van der Waals surface area contributed by atoms with E-state index in [9.17, 15) is 18.7 Å². The highest BCUT2D eigenvalue weighted by molar-refractivity contribution is 6.31. The quantitative estimate of drug-likeness (QED) is 0.770. The molecule has 2 aromatic rings. The van der Waals surface area contributed by atoms with Gasteiger partial charge in [-0.05, 0) is 73.7 Å². The van der Waals surface area contributed by atoms with Crippen molar-refractivity contribution < 1.29 is 18.7 Å². The summed E-state index contributed by atoms with van der Waals surface area (Å²) in [6.07, 6.45) is 2.11. The van der Waals surface area contributed by atoms with Gasteiger partial charge in [-0.2, -0.15) is 0 Å². The van der Waals surface area contributed by atoms with E-state index in [1.807, 2.05) is 0 Å². The number of benzene rings is 2. The van der Waals surface area contributed by atoms with E-state index < -0.39 is 11.9 Å². The first-order valence-corrected chi connectivity index (χ1v) is 10.2. The third kappa shape index (κ3) is 4.60. The number of hydrogen-bond donors (Lipinski definition) is 2. The number of rotatable bonds is 5. The Hall–Kier alpha value is -2.02. The van der Waals surface area contributed by atoms with Crippen LogP contribution in [0.25, 0.3) is 0 Å². The van der Waals surface area contributed by atoms with Gasteiger partial charge in [0.2, 0.25) is 0 Å². The van der Waals surface area contributed by atoms with Crippen molar-refractivity contribution in [2.24, 2.45) is 5.41 Å². The molecule has 2 aliphatic rings. The number of carbonyl (C=O) groups excluding carboxylic acids is 1. The van der Waals surface area contributed by atoms with Gasteiger partial charge in [0.25, 0.3) is 5.91 Å². The summed E-state index contributed by atoms with van der Waals surface area (Å²) in [5, 5.41) is 13.6. The third-order valence-electron chi connectivity index (χ3n) is 6.16. The number of aliphatic hydroxyl groups is 1. The molecule has 1 heterocycles. The van der Waals surface area contributed by atoms with Gasteiger partial charge in [0.15, 0.2) is 0 Å². The topological polar surface area (TPSA) is 52.6 Å². The molecule has 2 fully saturated rings. The van der Waals surface area contributed by atoms with Gasteiger partial charge in [0, 0.05) is 23.2 Å². The van der Waals surface area contributed by atoms with Crippen LogP contribution in [0.5, 0.6) is 0 Å². The van der Waals surface area contributed by atoms with Crippen LogP contribution in [0.2, 0.25) is 5.02 Å². The minimum atomic E-state index is -0.655. The van der Waals surface area contributed by atoms with Crippen LogP contribution in [-0.4, -0.2) is 41.6 Å². The number of nitrogens with zero attached hydrogens (tertiary/aromatic N) is 1. The average molecular weight is 421 g/mol. The fourth-order valence-electron chi connectivity index (χ4n) is 4.25. The number of nitrogens with one attached hydrogen (secondary N) is 1. The van der Waals surface area contributed by atoms with Gasteiger partial charge >= 0.3 is 0 Å². The molecule has 0 aromatic heterocycles. The van der Waals surface area contributed by atoms with Gasteiger partial charge in [-0.25, -0.2) is 8.78 Å². The van der Waals surface area contributed by atoms with Crippen molar-refractivity contribution in [1.82, 2.24) is 10.2 Å². The molecule has 1 spiro atoms. The lowest BCUT2D eigenvalue weighted by Gasteiger charge is -2.34. The maximum Gasteiger partial charge on any atom is 0.251 e. The second-order valence-electron chi connectivity index (χ2n) is 8.12. The summed E-state index contributed by atoms with van der Waals surface area (Å²) in [4.78, 5) is 14.6. The van der Waals surface area contributed by atoms with Gasteiger partial charge in [-0.1, -0.05) is 23.7 Å². The number of carbonyl (C=O) groups is 1. The Morgan fingerprint density at radius 2 is 1.86 bits per heavy atom. The van der Waals surface area contributed by atoms with Crippen molar-refractivity contribution >= 4 is 17.5 Å². The largest absolute Gasteiger partial charge is 0.387 e. The average Bonchev–Trinajstić information content (AvgIpc) is 3.34. The summed E-state index contributed by atoms with van der Waals surface area (Å²) in [7, 11) is 0. The monoisotopic (exact) mass is 420 g/mol. The predicted octanol–water partition coefficient (Wildman–Crippen LogP) is 3.94. The van der Waals surface area contributed by atoms with E-state index in [0.717, 1.165) is 32.4 Å². The van der Waals surface area contributed by atoms with E-state index >= 15 is 0 Å². The smallest absolute Gasteiger partial charge is 0.251 e. The first kappa shape index (κ1) is 20.3. The number of hydrogen-bond acceptors (Lipinski definition) is 3. The van der Waals surface area contributed by atoms with Crippen LogP contribution < -0.4 is 5.32 Å². The Morgan fingerprint density at radius 3 is 2.52 bits per heavy atom. The predicted molar refractivity (Wildman–Crippen MR) is 107 cm³/mol. The number of β-amino-alcohol motifs (C(OH)–C–C–N with tert-alkyl or cyclic N) is 1. The molecule has 4 rings (SSSR count). The first-order valence-electron chi connectivity index (χ1n) is 9.77. The Balaban J connectivity index is 1.27. The van der Waals surface area contributed by atoms with Gasteiger partial charge in [-0.3, -0.25) is 4.79 Å². The minimum Gasteiger partial charge on any atom is -0.387 e. The SMILES string of the molecule is O=C(NC1CC12CCN(CC(O)c1ccc(F)cc1)CC2)c1cc(F)cc(Cl)c1. The third-order valence-corrected chi connectivity index (χ3v) is 6.38. The summed E-state index contributed by atoms with van der Waals surface area (Å²) in [6.45, 7) is 2.16. The maximum atomic E-state index is 13.5. The number of halogens is 3. The van der Waals surface area contributed by atoms with E-state index in [1.165, 1.54) is 30.3 Å². The van der Waals surface area contributed by atoms with Crippen molar-refractivity contribution in [3.05, 3.63) is 70.2 Å². The number of likely N-dealkylation sites (tertiary alicyclic amines) is 1. The van der Waals surface area contributed by atoms with E-state index in [-0.39, 0.29) is 33.8 Å². The van der Waals surface area contributed by atoms with E-state index in [4.69, 9.17) is 11.6 Å². The van der Waals surface area contributed by atoms with Crippen molar-refractivity contribution in [2.45, 2.75) is 31.4 Å². The molecule has 7 heteroatoms. The van der Waals surface area contributed by atoms with E-state index in [0.29, 0.717) is 12.1 Å². The lowest BCUT2D eigenvalue weighted by molar-refractivity contribution is 0.0812.